The van der Waals surface area contributed by atoms with Crippen LogP contribution in [0.5, 0.6) is 0 Å². The molecule has 0 aliphatic heterocycles. The maximum absolute atomic E-state index is 13.4. The van der Waals surface area contributed by atoms with E-state index in [0.717, 1.165) is 6.42 Å². The Labute approximate surface area is 227 Å². The molecule has 0 bridgehead atoms. The van der Waals surface area contributed by atoms with Crippen LogP contribution in [0.4, 0.5) is 39.5 Å². The molecule has 0 aromatic carbocycles. The van der Waals surface area contributed by atoms with Crippen LogP contribution in [0.3, 0.4) is 0 Å². The Bertz CT molecular complexity index is 854. The highest BCUT2D eigenvalue weighted by Crippen LogP contribution is 2.54. The van der Waals surface area contributed by atoms with Gasteiger partial charge in [-0.2, -0.15) is 39.5 Å². The van der Waals surface area contributed by atoms with Crippen molar-refractivity contribution in [2.75, 3.05) is 19.8 Å². The average Bonchev–Trinajstić information content (AvgIpc) is 2.82. The maximum Gasteiger partial charge on any atom is 0.460 e. The van der Waals surface area contributed by atoms with Crippen LogP contribution < -0.4 is 0 Å². The molecule has 40 heavy (non-hydrogen) atoms. The minimum absolute atomic E-state index is 0.123. The second kappa shape index (κ2) is 14.1. The number of alkyl halides is 9. The molecule has 0 spiro atoms. The van der Waals surface area contributed by atoms with E-state index in [2.05, 4.69) is 4.74 Å². The highest BCUT2D eigenvalue weighted by Gasteiger charge is 2.81. The van der Waals surface area contributed by atoms with Crippen LogP contribution in [0.1, 0.15) is 80.1 Å². The van der Waals surface area contributed by atoms with Gasteiger partial charge in [0.1, 0.15) is 13.2 Å². The Balaban J connectivity index is 4.63. The lowest BCUT2D eigenvalue weighted by Gasteiger charge is -2.37. The van der Waals surface area contributed by atoms with Crippen molar-refractivity contribution in [2.24, 2.45) is 16.7 Å². The minimum Gasteiger partial charge on any atom is -0.465 e. The van der Waals surface area contributed by atoms with E-state index in [9.17, 15) is 53.9 Å². The van der Waals surface area contributed by atoms with E-state index in [1.54, 1.807) is 0 Å². The minimum atomic E-state index is -7.04. The van der Waals surface area contributed by atoms with Crippen molar-refractivity contribution in [1.29, 1.82) is 0 Å². The van der Waals surface area contributed by atoms with Crippen LogP contribution in [0.2, 0.25) is 0 Å². The topological polar surface area (TPSA) is 78.9 Å². The fraction of sp³-hybridized carbons (Fsp3) is 0.880. The largest absolute Gasteiger partial charge is 0.465 e. The van der Waals surface area contributed by atoms with Crippen LogP contribution >= 0.6 is 0 Å². The molecule has 0 amide bonds. The van der Waals surface area contributed by atoms with Crippen molar-refractivity contribution in [2.45, 2.75) is 104 Å². The van der Waals surface area contributed by atoms with Gasteiger partial charge in [0.2, 0.25) is 0 Å². The predicted molar refractivity (Wildman–Crippen MR) is 124 cm³/mol. The zero-order valence-electron chi connectivity index (χ0n) is 23.3. The molecule has 0 saturated heterocycles. The van der Waals surface area contributed by atoms with Crippen LogP contribution in [0.15, 0.2) is 0 Å². The van der Waals surface area contributed by atoms with Crippen molar-refractivity contribution >= 4 is 17.9 Å². The van der Waals surface area contributed by atoms with E-state index in [1.165, 1.54) is 0 Å². The zero-order chi connectivity index (χ0) is 31.8. The van der Waals surface area contributed by atoms with Crippen molar-refractivity contribution in [3.05, 3.63) is 0 Å². The summed E-state index contributed by atoms with van der Waals surface area (Å²) in [5.41, 5.74) is -0.484. The fourth-order valence-electron chi connectivity index (χ4n) is 3.23. The van der Waals surface area contributed by atoms with E-state index in [1.807, 2.05) is 41.5 Å². The van der Waals surface area contributed by atoms with Crippen molar-refractivity contribution in [3.63, 3.8) is 0 Å². The number of hydrogen-bond acceptors (Lipinski definition) is 6. The SMILES string of the molecule is CCC(C)(C)CC(C(=O)OCCOC(=O)CCC(=O)OCCC(F)(F)C(F)(F)C(F)(F)C(F)(F)F)C(C)(C)CC. The Kier molecular flexibility index (Phi) is 13.3. The monoisotopic (exact) mass is 604 g/mol. The lowest BCUT2D eigenvalue weighted by Crippen LogP contribution is -2.61. The first kappa shape index (κ1) is 37.8. The molecule has 1 unspecified atom stereocenters. The molecule has 0 rings (SSSR count). The molecule has 0 saturated carbocycles. The second-order valence-electron chi connectivity index (χ2n) is 10.8. The van der Waals surface area contributed by atoms with Gasteiger partial charge in [-0.1, -0.05) is 54.4 Å². The number of hydrogen-bond donors (Lipinski definition) is 0. The van der Waals surface area contributed by atoms with Crippen LogP contribution in [0, 0.1) is 16.7 Å². The van der Waals surface area contributed by atoms with Gasteiger partial charge in [0, 0.05) is 0 Å². The van der Waals surface area contributed by atoms with Gasteiger partial charge in [-0.15, -0.1) is 0 Å². The number of carbonyl (C=O) groups is 3. The van der Waals surface area contributed by atoms with E-state index in [4.69, 9.17) is 9.47 Å². The summed E-state index contributed by atoms with van der Waals surface area (Å²) in [5, 5.41) is 0. The third-order valence-corrected chi connectivity index (χ3v) is 6.87. The molecule has 0 aliphatic rings. The molecule has 0 heterocycles. The van der Waals surface area contributed by atoms with Gasteiger partial charge in [-0.3, -0.25) is 14.4 Å². The highest BCUT2D eigenvalue weighted by molar-refractivity contribution is 5.77. The number of carbonyl (C=O) groups excluding carboxylic acids is 3. The van der Waals surface area contributed by atoms with E-state index in [-0.39, 0.29) is 24.0 Å². The van der Waals surface area contributed by atoms with Crippen LogP contribution in [0.25, 0.3) is 0 Å². The number of halogens is 9. The molecule has 6 nitrogen and oxygen atoms in total. The van der Waals surface area contributed by atoms with Crippen LogP contribution in [-0.2, 0) is 28.6 Å². The Morgan fingerprint density at radius 2 is 1.10 bits per heavy atom. The van der Waals surface area contributed by atoms with Crippen molar-refractivity contribution < 1.29 is 68.1 Å². The standard InChI is InChI=1S/C25H37F9O6/c1-7-20(3,4)15-16(21(5,6)8-2)19(37)40-14-13-39-18(36)10-9-17(35)38-12-11-22(26,27)23(28,29)24(30,31)25(32,33)34/h16H,7-15H2,1-6H3. The summed E-state index contributed by atoms with van der Waals surface area (Å²) < 4.78 is 129. The summed E-state index contributed by atoms with van der Waals surface area (Å²) in [5.74, 6) is -23.0. The number of rotatable bonds is 17. The fourth-order valence-corrected chi connectivity index (χ4v) is 3.23. The third kappa shape index (κ3) is 10.3. The van der Waals surface area contributed by atoms with Gasteiger partial charge >= 0.3 is 41.9 Å². The molecule has 0 radical (unpaired) electrons. The lowest BCUT2D eigenvalue weighted by atomic mass is 9.68. The quantitative estimate of drug-likeness (QED) is 0.0761. The summed E-state index contributed by atoms with van der Waals surface area (Å²) in [7, 11) is 0. The summed E-state index contributed by atoms with van der Waals surface area (Å²) >= 11 is 0. The van der Waals surface area contributed by atoms with Gasteiger partial charge in [0.15, 0.2) is 0 Å². The maximum atomic E-state index is 13.4. The summed E-state index contributed by atoms with van der Waals surface area (Å²) in [4.78, 5) is 36.0. The van der Waals surface area contributed by atoms with Gasteiger partial charge in [-0.25, -0.2) is 0 Å². The van der Waals surface area contributed by atoms with E-state index >= 15 is 0 Å². The van der Waals surface area contributed by atoms with Gasteiger partial charge < -0.3 is 14.2 Å². The predicted octanol–water partition coefficient (Wildman–Crippen LogP) is 7.13. The van der Waals surface area contributed by atoms with Gasteiger partial charge in [-0.05, 0) is 17.3 Å². The van der Waals surface area contributed by atoms with Gasteiger partial charge in [0.05, 0.1) is 31.8 Å². The molecule has 0 aliphatic carbocycles. The molecule has 0 fully saturated rings. The number of ether oxygens (including phenoxy) is 3. The Morgan fingerprint density at radius 1 is 0.650 bits per heavy atom. The molecule has 0 aromatic rings. The molecule has 15 heteroatoms. The lowest BCUT2D eigenvalue weighted by molar-refractivity contribution is -0.397. The first-order valence-corrected chi connectivity index (χ1v) is 12.6. The second-order valence-corrected chi connectivity index (χ2v) is 10.8. The highest BCUT2D eigenvalue weighted by atomic mass is 19.4. The summed E-state index contributed by atoms with van der Waals surface area (Å²) in [6, 6.07) is 0. The summed E-state index contributed by atoms with van der Waals surface area (Å²) in [6.45, 7) is 9.60. The normalized spacial score (nSPS) is 14.5. The molecular weight excluding hydrogens is 567 g/mol. The molecule has 0 aromatic heterocycles. The van der Waals surface area contributed by atoms with Crippen LogP contribution in [-0.4, -0.2) is 61.7 Å². The number of esters is 3. The molecular formula is C25H37F9O6. The van der Waals surface area contributed by atoms with Crippen molar-refractivity contribution in [1.82, 2.24) is 0 Å². The van der Waals surface area contributed by atoms with E-state index < -0.39 is 73.6 Å². The third-order valence-electron chi connectivity index (χ3n) is 6.87. The van der Waals surface area contributed by atoms with Gasteiger partial charge in [0.25, 0.3) is 0 Å². The smallest absolute Gasteiger partial charge is 0.460 e. The van der Waals surface area contributed by atoms with Crippen molar-refractivity contribution in [3.8, 4) is 0 Å². The Morgan fingerprint density at radius 3 is 1.52 bits per heavy atom. The first-order chi connectivity index (χ1) is 17.9. The molecule has 236 valence electrons. The van der Waals surface area contributed by atoms with E-state index in [0.29, 0.717) is 12.8 Å². The molecule has 0 N–H and O–H groups in total. The average molecular weight is 605 g/mol. The zero-order valence-corrected chi connectivity index (χ0v) is 23.3. The Hall–Kier alpha value is -2.22. The summed E-state index contributed by atoms with van der Waals surface area (Å²) in [6.07, 6.45) is -8.63. The first-order valence-electron chi connectivity index (χ1n) is 12.6. The molecule has 1 atom stereocenters.